The van der Waals surface area contributed by atoms with Gasteiger partial charge in [-0.15, -0.1) is 0 Å². The Morgan fingerprint density at radius 1 is 1.13 bits per heavy atom. The van der Waals surface area contributed by atoms with Crippen LogP contribution in [0.5, 0.6) is 5.75 Å². The Kier molecular flexibility index (Phi) is 8.95. The number of halogens is 1. The number of hydrogen-bond donors (Lipinski definition) is 3. The summed E-state index contributed by atoms with van der Waals surface area (Å²) in [7, 11) is 3.08. The highest BCUT2D eigenvalue weighted by atomic mass is 35.5. The van der Waals surface area contributed by atoms with Gasteiger partial charge in [0.1, 0.15) is 5.75 Å². The lowest BCUT2D eigenvalue weighted by atomic mass is 10.0. The number of methoxy groups -OCH3 is 1. The molecule has 3 amide bonds. The van der Waals surface area contributed by atoms with Gasteiger partial charge in [0.15, 0.2) is 0 Å². The molecule has 2 aromatic carbocycles. The summed E-state index contributed by atoms with van der Waals surface area (Å²) in [6.07, 6.45) is 1.94. The number of nitrogens with zero attached hydrogens (tertiary/aromatic N) is 1. The van der Waals surface area contributed by atoms with Gasteiger partial charge in [0.25, 0.3) is 5.91 Å². The highest BCUT2D eigenvalue weighted by Gasteiger charge is 2.29. The van der Waals surface area contributed by atoms with Gasteiger partial charge in [-0.3, -0.25) is 4.79 Å². The molecule has 30 heavy (non-hydrogen) atoms. The molecule has 0 bridgehead atoms. The van der Waals surface area contributed by atoms with Gasteiger partial charge in [-0.05, 0) is 17.7 Å². The maximum atomic E-state index is 13.6. The number of amides is 3. The van der Waals surface area contributed by atoms with Crippen LogP contribution in [0.15, 0.2) is 48.5 Å². The normalized spacial score (nSPS) is 13.7. The van der Waals surface area contributed by atoms with Crippen molar-refractivity contribution >= 4 is 17.6 Å². The van der Waals surface area contributed by atoms with E-state index in [1.165, 1.54) is 7.11 Å². The van der Waals surface area contributed by atoms with E-state index in [0.29, 0.717) is 23.5 Å². The molecule has 3 rings (SSSR count). The van der Waals surface area contributed by atoms with Gasteiger partial charge in [0.2, 0.25) is 0 Å². The zero-order chi connectivity index (χ0) is 20.6. The second kappa shape index (κ2) is 11.4. The van der Waals surface area contributed by atoms with E-state index in [4.69, 9.17) is 4.74 Å². The zero-order valence-corrected chi connectivity index (χ0v) is 18.1. The number of quaternary nitrogens is 1. The highest BCUT2D eigenvalue weighted by Crippen LogP contribution is 2.27. The van der Waals surface area contributed by atoms with Crippen molar-refractivity contribution in [3.63, 3.8) is 0 Å². The Labute approximate surface area is 183 Å². The van der Waals surface area contributed by atoms with Crippen LogP contribution in [0, 0.1) is 0 Å². The fraction of sp³-hybridized carbons (Fsp3) is 0.364. The molecule has 0 atom stereocenters. The van der Waals surface area contributed by atoms with Crippen LogP contribution in [0.25, 0.3) is 0 Å². The van der Waals surface area contributed by atoms with Crippen molar-refractivity contribution in [1.29, 1.82) is 0 Å². The number of ether oxygens (including phenoxy) is 1. The maximum absolute atomic E-state index is 13.6. The molecule has 0 unspecified atom stereocenters. The van der Waals surface area contributed by atoms with Crippen LogP contribution in [-0.2, 0) is 6.54 Å². The second-order valence-corrected chi connectivity index (χ2v) is 7.14. The summed E-state index contributed by atoms with van der Waals surface area (Å²) in [6, 6.07) is 15.0. The third-order valence-corrected chi connectivity index (χ3v) is 5.22. The summed E-state index contributed by atoms with van der Waals surface area (Å²) in [5.74, 6) is 0.397. The molecule has 1 heterocycles. The average Bonchev–Trinajstić information content (AvgIpc) is 2.78. The highest BCUT2D eigenvalue weighted by molar-refractivity contribution is 5.98. The number of nitrogens with one attached hydrogen (secondary N) is 2. The minimum absolute atomic E-state index is 0. The number of nitrogens with two attached hydrogens (primary N) is 1. The molecule has 0 radical (unpaired) electrons. The average molecular weight is 433 g/mol. The molecule has 1 aliphatic heterocycles. The predicted octanol–water partition coefficient (Wildman–Crippen LogP) is -1.18. The number of rotatable bonds is 6. The summed E-state index contributed by atoms with van der Waals surface area (Å²) in [6.45, 7) is 2.61. The van der Waals surface area contributed by atoms with Crippen molar-refractivity contribution in [1.82, 2.24) is 10.2 Å². The van der Waals surface area contributed by atoms with Crippen molar-refractivity contribution < 1.29 is 32.0 Å². The molecule has 1 saturated heterocycles. The molecule has 4 N–H and O–H groups in total. The minimum Gasteiger partial charge on any atom is -1.00 e. The minimum atomic E-state index is -0.324. The third kappa shape index (κ3) is 5.87. The first kappa shape index (κ1) is 23.5. The van der Waals surface area contributed by atoms with Gasteiger partial charge in [0, 0.05) is 44.2 Å². The lowest BCUT2D eigenvalue weighted by molar-refractivity contribution is -0.663. The summed E-state index contributed by atoms with van der Waals surface area (Å²) < 4.78 is 5.48. The number of carbonyl (C=O) groups excluding carboxylic acids is 2. The summed E-state index contributed by atoms with van der Waals surface area (Å²) in [5.41, 5.74) is 2.17. The summed E-state index contributed by atoms with van der Waals surface area (Å²) >= 11 is 0. The van der Waals surface area contributed by atoms with E-state index in [-0.39, 0.29) is 30.4 Å². The number of piperidine rings is 1. The number of anilines is 1. The molecular weight excluding hydrogens is 404 g/mol. The zero-order valence-electron chi connectivity index (χ0n) is 17.4. The number of hydrogen-bond acceptors (Lipinski definition) is 3. The first-order valence-electron chi connectivity index (χ1n) is 9.95. The van der Waals surface area contributed by atoms with E-state index in [2.05, 4.69) is 16.0 Å². The first-order chi connectivity index (χ1) is 14.1. The largest absolute Gasteiger partial charge is 1.00 e. The monoisotopic (exact) mass is 432 g/mol. The Morgan fingerprint density at radius 3 is 2.47 bits per heavy atom. The second-order valence-electron chi connectivity index (χ2n) is 7.14. The van der Waals surface area contributed by atoms with Gasteiger partial charge in [0.05, 0.1) is 25.8 Å². The van der Waals surface area contributed by atoms with Gasteiger partial charge in [-0.1, -0.05) is 30.3 Å². The molecular formula is C22H29ClN4O3. The van der Waals surface area contributed by atoms with Crippen LogP contribution in [0.1, 0.15) is 28.8 Å². The third-order valence-electron chi connectivity index (χ3n) is 5.22. The number of urea groups is 1. The van der Waals surface area contributed by atoms with Crippen molar-refractivity contribution in [2.24, 2.45) is 0 Å². The van der Waals surface area contributed by atoms with Crippen LogP contribution in [-0.4, -0.2) is 50.1 Å². The Hall–Kier alpha value is -2.77. The Morgan fingerprint density at radius 2 is 1.83 bits per heavy atom. The fourth-order valence-electron chi connectivity index (χ4n) is 3.66. The standard InChI is InChI=1S/C22H28N4O3.ClH/c1-23-22(28)25-17-8-9-19(20(14-17)29-2)21(27)26(18-10-12-24-13-11-18)15-16-6-4-3-5-7-16;/h3-9,14,18,24H,10-13,15H2,1-2H3,(H2,23,25,28);1H. The first-order valence-corrected chi connectivity index (χ1v) is 9.95. The van der Waals surface area contributed by atoms with E-state index in [1.54, 1.807) is 25.2 Å². The molecule has 2 aromatic rings. The smallest absolute Gasteiger partial charge is 0.318 e. The lowest BCUT2D eigenvalue weighted by Crippen LogP contribution is -3.00. The van der Waals surface area contributed by atoms with E-state index < -0.39 is 0 Å². The Balaban J connectivity index is 0.00000320. The molecule has 0 spiro atoms. The number of benzene rings is 2. The molecule has 0 saturated carbocycles. The van der Waals surface area contributed by atoms with Gasteiger partial charge in [-0.2, -0.15) is 0 Å². The van der Waals surface area contributed by atoms with E-state index >= 15 is 0 Å². The molecule has 1 aliphatic rings. The van der Waals surface area contributed by atoms with Crippen LogP contribution >= 0.6 is 0 Å². The predicted molar refractivity (Wildman–Crippen MR) is 112 cm³/mol. The van der Waals surface area contributed by atoms with Crippen molar-refractivity contribution in [3.8, 4) is 5.75 Å². The molecule has 162 valence electrons. The topological polar surface area (TPSA) is 87.3 Å². The van der Waals surface area contributed by atoms with E-state index in [9.17, 15) is 9.59 Å². The summed E-state index contributed by atoms with van der Waals surface area (Å²) in [5, 5.41) is 7.51. The van der Waals surface area contributed by atoms with Gasteiger partial charge < -0.3 is 38.0 Å². The summed E-state index contributed by atoms with van der Waals surface area (Å²) in [4.78, 5) is 27.1. The van der Waals surface area contributed by atoms with Crippen LogP contribution in [0.2, 0.25) is 0 Å². The maximum Gasteiger partial charge on any atom is 0.318 e. The van der Waals surface area contributed by atoms with Crippen LogP contribution in [0.3, 0.4) is 0 Å². The van der Waals surface area contributed by atoms with Crippen molar-refractivity contribution in [2.75, 3.05) is 32.6 Å². The van der Waals surface area contributed by atoms with Gasteiger partial charge >= 0.3 is 6.03 Å². The van der Waals surface area contributed by atoms with Crippen LogP contribution < -0.4 is 33.1 Å². The molecule has 1 fully saturated rings. The van der Waals surface area contributed by atoms with Crippen LogP contribution in [0.4, 0.5) is 10.5 Å². The van der Waals surface area contributed by atoms with Crippen molar-refractivity contribution in [3.05, 3.63) is 59.7 Å². The fourth-order valence-corrected chi connectivity index (χ4v) is 3.66. The van der Waals surface area contributed by atoms with Gasteiger partial charge in [-0.25, -0.2) is 4.79 Å². The lowest BCUT2D eigenvalue weighted by Gasteiger charge is -2.34. The van der Waals surface area contributed by atoms with Crippen molar-refractivity contribution in [2.45, 2.75) is 25.4 Å². The van der Waals surface area contributed by atoms with E-state index in [0.717, 1.165) is 31.5 Å². The SMILES string of the molecule is CNC(=O)Nc1ccc(C(=O)N(Cc2ccccc2)C2CC[NH2+]CC2)c(OC)c1.[Cl-]. The Bertz CT molecular complexity index is 842. The molecule has 7 nitrogen and oxygen atoms in total. The number of carbonyl (C=O) groups is 2. The molecule has 0 aromatic heterocycles. The molecule has 0 aliphatic carbocycles. The van der Waals surface area contributed by atoms with E-state index in [1.807, 2.05) is 35.2 Å². The molecule has 8 heteroatoms. The quantitative estimate of drug-likeness (QED) is 0.537.